The number of fused-ring (bicyclic) bond motifs is 1. The van der Waals surface area contributed by atoms with Crippen molar-refractivity contribution >= 4 is 29.3 Å². The highest BCUT2D eigenvalue weighted by molar-refractivity contribution is 5.90. The fourth-order valence-corrected chi connectivity index (χ4v) is 5.23. The zero-order valence-corrected chi connectivity index (χ0v) is 18.3. The van der Waals surface area contributed by atoms with Gasteiger partial charge < -0.3 is 19.9 Å². The number of rotatable bonds is 5. The number of nitrogens with zero attached hydrogens (tertiary/aromatic N) is 3. The molecule has 0 spiro atoms. The maximum Gasteiger partial charge on any atom is 0.414 e. The van der Waals surface area contributed by atoms with E-state index in [4.69, 9.17) is 4.74 Å². The molecule has 4 fully saturated rings. The predicted molar refractivity (Wildman–Crippen MR) is 116 cm³/mol. The average molecular weight is 445 g/mol. The number of cyclic esters (lactones) is 1. The second kappa shape index (κ2) is 8.26. The van der Waals surface area contributed by atoms with Gasteiger partial charge in [0.2, 0.25) is 11.8 Å². The molecule has 4 aliphatic rings. The van der Waals surface area contributed by atoms with E-state index in [2.05, 4.69) is 5.32 Å². The van der Waals surface area contributed by atoms with Crippen LogP contribution in [-0.4, -0.2) is 67.7 Å². The lowest BCUT2D eigenvalue weighted by Crippen LogP contribution is -2.49. The average Bonchev–Trinajstić information content (AvgIpc) is 3.42. The Labute approximate surface area is 186 Å². The number of carbonyl (C=O) groups excluding carboxylic acids is 3. The number of hydrogen-bond donors (Lipinski definition) is 1. The highest BCUT2D eigenvalue weighted by Crippen LogP contribution is 2.39. The van der Waals surface area contributed by atoms with E-state index in [9.17, 15) is 14.4 Å². The number of ether oxygens (including phenoxy) is 1. The number of piperidine rings is 1. The van der Waals surface area contributed by atoms with Crippen LogP contribution in [0, 0.1) is 17.7 Å². The number of benzene rings is 1. The fourth-order valence-electron chi connectivity index (χ4n) is 5.23. The van der Waals surface area contributed by atoms with Crippen LogP contribution < -0.4 is 15.1 Å². The topological polar surface area (TPSA) is 82.2 Å². The normalized spacial score (nSPS) is 27.4. The second-order valence-corrected chi connectivity index (χ2v) is 9.37. The molecule has 0 bridgehead atoms. The first-order valence-corrected chi connectivity index (χ1v) is 11.5. The summed E-state index contributed by atoms with van der Waals surface area (Å²) in [5.41, 5.74) is 0.938. The predicted octanol–water partition coefficient (Wildman–Crippen LogP) is 2.12. The summed E-state index contributed by atoms with van der Waals surface area (Å²) in [6, 6.07) is 4.96. The maximum absolute atomic E-state index is 15.1. The van der Waals surface area contributed by atoms with Gasteiger partial charge in [0.1, 0.15) is 11.9 Å². The van der Waals surface area contributed by atoms with Gasteiger partial charge in [-0.15, -0.1) is 0 Å². The van der Waals surface area contributed by atoms with Crippen LogP contribution in [0.2, 0.25) is 0 Å². The number of anilines is 2. The zero-order chi connectivity index (χ0) is 22.4. The largest absolute Gasteiger partial charge is 0.442 e. The van der Waals surface area contributed by atoms with Crippen molar-refractivity contribution in [1.82, 2.24) is 10.2 Å². The molecular formula is C23H29FN4O4. The molecule has 3 aliphatic heterocycles. The summed E-state index contributed by atoms with van der Waals surface area (Å²) < 4.78 is 20.4. The Bertz CT molecular complexity index is 937. The van der Waals surface area contributed by atoms with Crippen LogP contribution in [0.15, 0.2) is 18.2 Å². The molecule has 0 radical (unpaired) electrons. The van der Waals surface area contributed by atoms with Gasteiger partial charge in [-0.25, -0.2) is 9.18 Å². The lowest BCUT2D eigenvalue weighted by atomic mass is 9.92. The van der Waals surface area contributed by atoms with Crippen molar-refractivity contribution in [1.29, 1.82) is 0 Å². The summed E-state index contributed by atoms with van der Waals surface area (Å²) in [5.74, 6) is 0.263. The monoisotopic (exact) mass is 444 g/mol. The highest BCUT2D eigenvalue weighted by atomic mass is 19.1. The number of amides is 3. The number of halogens is 1. The minimum Gasteiger partial charge on any atom is -0.442 e. The number of carbonyl (C=O) groups is 3. The van der Waals surface area contributed by atoms with Gasteiger partial charge in [0.05, 0.1) is 30.5 Å². The van der Waals surface area contributed by atoms with Crippen molar-refractivity contribution in [2.24, 2.45) is 11.8 Å². The first-order chi connectivity index (χ1) is 15.4. The molecule has 1 aromatic carbocycles. The Kier molecular flexibility index (Phi) is 5.43. The molecule has 172 valence electrons. The molecule has 5 rings (SSSR count). The van der Waals surface area contributed by atoms with Crippen LogP contribution in [0.5, 0.6) is 0 Å². The number of likely N-dealkylation sites (tertiary alicyclic amines) is 1. The Morgan fingerprint density at radius 3 is 2.72 bits per heavy atom. The van der Waals surface area contributed by atoms with Gasteiger partial charge in [-0.1, -0.05) is 0 Å². The molecule has 1 N–H and O–H groups in total. The van der Waals surface area contributed by atoms with E-state index < -0.39 is 12.2 Å². The van der Waals surface area contributed by atoms with Crippen LogP contribution in [0.1, 0.15) is 32.6 Å². The van der Waals surface area contributed by atoms with Crippen molar-refractivity contribution in [3.8, 4) is 0 Å². The smallest absolute Gasteiger partial charge is 0.414 e. The Balaban J connectivity index is 1.27. The third-order valence-electron chi connectivity index (χ3n) is 7.03. The fraction of sp³-hybridized carbons (Fsp3) is 0.609. The van der Waals surface area contributed by atoms with Crippen molar-refractivity contribution in [3.63, 3.8) is 0 Å². The van der Waals surface area contributed by atoms with Gasteiger partial charge in [0, 0.05) is 32.5 Å². The van der Waals surface area contributed by atoms with E-state index in [1.807, 2.05) is 9.80 Å². The number of hydrogen-bond acceptors (Lipinski definition) is 5. The molecular weight excluding hydrogens is 415 g/mol. The molecule has 1 aliphatic carbocycles. The standard InChI is InChI=1S/C23H29FN4O4/c1-14(29)25-10-18-12-28(23(31)32-18)17-6-7-20(19(24)9-17)26-11-16-3-2-8-27(21(16)13-26)22(30)15-4-5-15/h6-7,9,15-16,18,21H,2-5,8,10-13H2,1H3,(H,25,29). The van der Waals surface area contributed by atoms with Crippen LogP contribution in [-0.2, 0) is 14.3 Å². The molecule has 1 saturated carbocycles. The van der Waals surface area contributed by atoms with Crippen LogP contribution in [0.25, 0.3) is 0 Å². The van der Waals surface area contributed by atoms with Crippen LogP contribution >= 0.6 is 0 Å². The second-order valence-electron chi connectivity index (χ2n) is 9.37. The third kappa shape index (κ3) is 4.00. The first-order valence-electron chi connectivity index (χ1n) is 11.5. The lowest BCUT2D eigenvalue weighted by molar-refractivity contribution is -0.136. The molecule has 8 nitrogen and oxygen atoms in total. The molecule has 3 atom stereocenters. The Hall–Kier alpha value is -2.84. The van der Waals surface area contributed by atoms with E-state index in [0.717, 1.165) is 38.8 Å². The summed E-state index contributed by atoms with van der Waals surface area (Å²) in [6.45, 7) is 4.07. The molecule has 9 heteroatoms. The zero-order valence-electron chi connectivity index (χ0n) is 18.3. The highest BCUT2D eigenvalue weighted by Gasteiger charge is 2.45. The van der Waals surface area contributed by atoms with Gasteiger partial charge in [-0.05, 0) is 49.8 Å². The van der Waals surface area contributed by atoms with Crippen molar-refractivity contribution in [3.05, 3.63) is 24.0 Å². The van der Waals surface area contributed by atoms with Gasteiger partial charge in [0.25, 0.3) is 0 Å². The molecule has 0 aromatic heterocycles. The molecule has 3 heterocycles. The van der Waals surface area contributed by atoms with Gasteiger partial charge in [-0.3, -0.25) is 14.5 Å². The van der Waals surface area contributed by atoms with E-state index >= 15 is 4.39 Å². The van der Waals surface area contributed by atoms with Crippen molar-refractivity contribution in [2.75, 3.05) is 42.5 Å². The van der Waals surface area contributed by atoms with Crippen molar-refractivity contribution in [2.45, 2.75) is 44.8 Å². The summed E-state index contributed by atoms with van der Waals surface area (Å²) in [7, 11) is 0. The summed E-state index contributed by atoms with van der Waals surface area (Å²) in [6.07, 6.45) is 3.05. The molecule has 1 aromatic rings. The summed E-state index contributed by atoms with van der Waals surface area (Å²) in [5, 5.41) is 2.63. The first kappa shape index (κ1) is 21.0. The van der Waals surface area contributed by atoms with Crippen LogP contribution in [0.4, 0.5) is 20.6 Å². The van der Waals surface area contributed by atoms with E-state index in [0.29, 0.717) is 23.8 Å². The van der Waals surface area contributed by atoms with E-state index in [1.165, 1.54) is 17.9 Å². The van der Waals surface area contributed by atoms with Gasteiger partial charge in [0.15, 0.2) is 0 Å². The Morgan fingerprint density at radius 2 is 2.00 bits per heavy atom. The van der Waals surface area contributed by atoms with E-state index in [-0.39, 0.29) is 42.7 Å². The molecule has 3 saturated heterocycles. The van der Waals surface area contributed by atoms with Crippen molar-refractivity contribution < 1.29 is 23.5 Å². The summed E-state index contributed by atoms with van der Waals surface area (Å²) >= 11 is 0. The lowest BCUT2D eigenvalue weighted by Gasteiger charge is -2.37. The van der Waals surface area contributed by atoms with Crippen LogP contribution in [0.3, 0.4) is 0 Å². The third-order valence-corrected chi connectivity index (χ3v) is 7.03. The number of nitrogens with one attached hydrogen (secondary N) is 1. The van der Waals surface area contributed by atoms with E-state index in [1.54, 1.807) is 12.1 Å². The minimum atomic E-state index is -0.547. The molecule has 3 amide bonds. The minimum absolute atomic E-state index is 0.152. The molecule has 32 heavy (non-hydrogen) atoms. The van der Waals surface area contributed by atoms with Gasteiger partial charge >= 0.3 is 6.09 Å². The van der Waals surface area contributed by atoms with Gasteiger partial charge in [-0.2, -0.15) is 0 Å². The quantitative estimate of drug-likeness (QED) is 0.753. The SMILES string of the molecule is CC(=O)NCC1CN(c2ccc(N3CC4CCCN(C(=O)C5CC5)C4C3)c(F)c2)C(=O)O1. The maximum atomic E-state index is 15.1. The molecule has 3 unspecified atom stereocenters. The Morgan fingerprint density at radius 1 is 1.19 bits per heavy atom. The summed E-state index contributed by atoms with van der Waals surface area (Å²) in [4.78, 5) is 41.5.